The van der Waals surface area contributed by atoms with Gasteiger partial charge in [-0.15, -0.1) is 0 Å². The number of amides is 2. The zero-order valence-corrected chi connectivity index (χ0v) is 14.0. The Bertz CT molecular complexity index is 518. The summed E-state index contributed by atoms with van der Waals surface area (Å²) in [5.74, 6) is 0.295. The number of likely N-dealkylation sites (tertiary alicyclic amines) is 1. The lowest BCUT2D eigenvalue weighted by atomic mass is 9.94. The van der Waals surface area contributed by atoms with Crippen LogP contribution >= 0.6 is 11.6 Å². The minimum Gasteiger partial charge on any atom is -0.343 e. The highest BCUT2D eigenvalue weighted by Crippen LogP contribution is 2.21. The van der Waals surface area contributed by atoms with Crippen LogP contribution in [0.3, 0.4) is 0 Å². The fourth-order valence-corrected chi connectivity index (χ4v) is 3.02. The average molecular weight is 323 g/mol. The number of piperidine rings is 1. The standard InChI is InChI=1S/C17H23ClN2O2/c1-3-19(4-2)16(21)14-9-11-20(12-10-14)17(22)13-5-7-15(18)8-6-13/h5-8,14H,3-4,9-12H2,1-2H3. The van der Waals surface area contributed by atoms with Crippen LogP contribution in [-0.4, -0.2) is 47.8 Å². The van der Waals surface area contributed by atoms with Crippen LogP contribution in [0.15, 0.2) is 24.3 Å². The number of carbonyl (C=O) groups excluding carboxylic acids is 2. The van der Waals surface area contributed by atoms with Gasteiger partial charge in [-0.25, -0.2) is 0 Å². The Balaban J connectivity index is 1.93. The van der Waals surface area contributed by atoms with E-state index >= 15 is 0 Å². The summed E-state index contributed by atoms with van der Waals surface area (Å²) in [7, 11) is 0. The molecule has 4 nitrogen and oxygen atoms in total. The molecule has 0 N–H and O–H groups in total. The molecule has 0 radical (unpaired) electrons. The van der Waals surface area contributed by atoms with Crippen LogP contribution in [0.2, 0.25) is 5.02 Å². The summed E-state index contributed by atoms with van der Waals surface area (Å²) in [5, 5.41) is 0.625. The molecule has 2 amide bonds. The topological polar surface area (TPSA) is 40.6 Å². The predicted octanol–water partition coefficient (Wildman–Crippen LogP) is 3.06. The van der Waals surface area contributed by atoms with Crippen molar-refractivity contribution < 1.29 is 9.59 Å². The van der Waals surface area contributed by atoms with Gasteiger partial charge in [-0.05, 0) is 51.0 Å². The first-order valence-electron chi connectivity index (χ1n) is 7.90. The van der Waals surface area contributed by atoms with Gasteiger partial charge in [0.1, 0.15) is 0 Å². The van der Waals surface area contributed by atoms with Crippen LogP contribution in [-0.2, 0) is 4.79 Å². The summed E-state index contributed by atoms with van der Waals surface area (Å²) in [6.45, 7) is 6.78. The van der Waals surface area contributed by atoms with Gasteiger partial charge < -0.3 is 9.80 Å². The molecule has 1 heterocycles. The van der Waals surface area contributed by atoms with Crippen molar-refractivity contribution in [2.75, 3.05) is 26.2 Å². The number of carbonyl (C=O) groups is 2. The van der Waals surface area contributed by atoms with E-state index < -0.39 is 0 Å². The number of nitrogens with zero attached hydrogens (tertiary/aromatic N) is 2. The maximum atomic E-state index is 12.4. The van der Waals surface area contributed by atoms with Gasteiger partial charge in [-0.1, -0.05) is 11.6 Å². The molecule has 0 aliphatic carbocycles. The lowest BCUT2D eigenvalue weighted by Gasteiger charge is -2.33. The van der Waals surface area contributed by atoms with E-state index in [-0.39, 0.29) is 17.7 Å². The first-order valence-corrected chi connectivity index (χ1v) is 8.28. The monoisotopic (exact) mass is 322 g/mol. The number of halogens is 1. The Morgan fingerprint density at radius 2 is 1.68 bits per heavy atom. The van der Waals surface area contributed by atoms with Gasteiger partial charge in [-0.3, -0.25) is 9.59 Å². The van der Waals surface area contributed by atoms with Crippen LogP contribution in [0.4, 0.5) is 0 Å². The van der Waals surface area contributed by atoms with E-state index in [0.717, 1.165) is 25.9 Å². The van der Waals surface area contributed by atoms with Crippen LogP contribution in [0.5, 0.6) is 0 Å². The van der Waals surface area contributed by atoms with Crippen molar-refractivity contribution >= 4 is 23.4 Å². The van der Waals surface area contributed by atoms with Crippen molar-refractivity contribution in [1.29, 1.82) is 0 Å². The zero-order chi connectivity index (χ0) is 16.1. The van der Waals surface area contributed by atoms with Gasteiger partial charge in [0.15, 0.2) is 0 Å². The molecule has 1 aliphatic heterocycles. The number of hydrogen-bond acceptors (Lipinski definition) is 2. The number of benzene rings is 1. The van der Waals surface area contributed by atoms with E-state index in [1.54, 1.807) is 24.3 Å². The molecule has 1 aliphatic rings. The normalized spacial score (nSPS) is 15.7. The molecular weight excluding hydrogens is 300 g/mol. The molecule has 0 unspecified atom stereocenters. The van der Waals surface area contributed by atoms with Crippen LogP contribution in [0.1, 0.15) is 37.0 Å². The maximum Gasteiger partial charge on any atom is 0.253 e. The van der Waals surface area contributed by atoms with E-state index in [0.29, 0.717) is 23.7 Å². The van der Waals surface area contributed by atoms with E-state index in [4.69, 9.17) is 11.6 Å². The Morgan fingerprint density at radius 1 is 1.14 bits per heavy atom. The number of rotatable bonds is 4. The van der Waals surface area contributed by atoms with Crippen LogP contribution in [0, 0.1) is 5.92 Å². The average Bonchev–Trinajstić information content (AvgIpc) is 2.56. The molecule has 22 heavy (non-hydrogen) atoms. The smallest absolute Gasteiger partial charge is 0.253 e. The minimum atomic E-state index is 0.0189. The summed E-state index contributed by atoms with van der Waals surface area (Å²) in [5.41, 5.74) is 0.651. The maximum absolute atomic E-state index is 12.4. The highest BCUT2D eigenvalue weighted by molar-refractivity contribution is 6.30. The second kappa shape index (κ2) is 7.63. The Morgan fingerprint density at radius 3 is 2.18 bits per heavy atom. The van der Waals surface area contributed by atoms with Crippen molar-refractivity contribution in [1.82, 2.24) is 9.80 Å². The second-order valence-corrected chi connectivity index (χ2v) is 6.02. The summed E-state index contributed by atoms with van der Waals surface area (Å²) in [4.78, 5) is 28.5. The number of hydrogen-bond donors (Lipinski definition) is 0. The van der Waals surface area contributed by atoms with Crippen molar-refractivity contribution in [2.24, 2.45) is 5.92 Å². The third kappa shape index (κ3) is 3.80. The second-order valence-electron chi connectivity index (χ2n) is 5.58. The predicted molar refractivity (Wildman–Crippen MR) is 88.0 cm³/mol. The molecule has 0 aromatic heterocycles. The molecule has 1 fully saturated rings. The van der Waals surface area contributed by atoms with Gasteiger partial charge in [0.25, 0.3) is 5.91 Å². The lowest BCUT2D eigenvalue weighted by Crippen LogP contribution is -2.44. The Hall–Kier alpha value is -1.55. The molecular formula is C17H23ClN2O2. The van der Waals surface area contributed by atoms with Gasteiger partial charge >= 0.3 is 0 Å². The quantitative estimate of drug-likeness (QED) is 0.854. The van der Waals surface area contributed by atoms with Gasteiger partial charge in [0.05, 0.1) is 0 Å². The van der Waals surface area contributed by atoms with Gasteiger partial charge in [-0.2, -0.15) is 0 Å². The molecule has 2 rings (SSSR count). The van der Waals surface area contributed by atoms with E-state index in [9.17, 15) is 9.59 Å². The molecule has 0 atom stereocenters. The van der Waals surface area contributed by atoms with Gasteiger partial charge in [0, 0.05) is 42.7 Å². The first-order chi connectivity index (χ1) is 10.6. The lowest BCUT2D eigenvalue weighted by molar-refractivity contribution is -0.136. The molecule has 1 aromatic carbocycles. The SMILES string of the molecule is CCN(CC)C(=O)C1CCN(C(=O)c2ccc(Cl)cc2)CC1. The molecule has 120 valence electrons. The largest absolute Gasteiger partial charge is 0.343 e. The zero-order valence-electron chi connectivity index (χ0n) is 13.2. The summed E-state index contributed by atoms with van der Waals surface area (Å²) >= 11 is 5.85. The molecule has 5 heteroatoms. The fourth-order valence-electron chi connectivity index (χ4n) is 2.90. The van der Waals surface area contributed by atoms with E-state index in [2.05, 4.69) is 0 Å². The third-order valence-corrected chi connectivity index (χ3v) is 4.55. The minimum absolute atomic E-state index is 0.0189. The highest BCUT2D eigenvalue weighted by atomic mass is 35.5. The molecule has 1 saturated heterocycles. The molecule has 0 bridgehead atoms. The van der Waals surface area contributed by atoms with E-state index in [1.807, 2.05) is 23.6 Å². The van der Waals surface area contributed by atoms with Crippen LogP contribution < -0.4 is 0 Å². The van der Waals surface area contributed by atoms with Crippen LogP contribution in [0.25, 0.3) is 0 Å². The van der Waals surface area contributed by atoms with Crippen molar-refractivity contribution in [2.45, 2.75) is 26.7 Å². The Labute approximate surface area is 137 Å². The summed E-state index contributed by atoms with van der Waals surface area (Å²) in [6, 6.07) is 6.95. The summed E-state index contributed by atoms with van der Waals surface area (Å²) < 4.78 is 0. The highest BCUT2D eigenvalue weighted by Gasteiger charge is 2.29. The molecule has 0 spiro atoms. The molecule has 0 saturated carbocycles. The van der Waals surface area contributed by atoms with Crippen molar-refractivity contribution in [3.63, 3.8) is 0 Å². The Kier molecular flexibility index (Phi) is 5.83. The summed E-state index contributed by atoms with van der Waals surface area (Å²) in [6.07, 6.45) is 1.49. The molecule has 1 aromatic rings. The van der Waals surface area contributed by atoms with E-state index in [1.165, 1.54) is 0 Å². The van der Waals surface area contributed by atoms with Crippen molar-refractivity contribution in [3.05, 3.63) is 34.9 Å². The third-order valence-electron chi connectivity index (χ3n) is 4.30. The fraction of sp³-hybridized carbons (Fsp3) is 0.529. The van der Waals surface area contributed by atoms with Crippen molar-refractivity contribution in [3.8, 4) is 0 Å². The van der Waals surface area contributed by atoms with Gasteiger partial charge in [0.2, 0.25) is 5.91 Å². The first kappa shape index (κ1) is 16.8.